The van der Waals surface area contributed by atoms with Crippen LogP contribution in [0.3, 0.4) is 0 Å². The van der Waals surface area contributed by atoms with Gasteiger partial charge in [-0.15, -0.1) is 0 Å². The quantitative estimate of drug-likeness (QED) is 0.0878. The number of carbonyl (C=O) groups is 1. The fraction of sp³-hybridized carbons (Fsp3) is 0.480. The van der Waals surface area contributed by atoms with Crippen molar-refractivity contribution in [3.05, 3.63) is 53.9 Å². The first-order valence-corrected chi connectivity index (χ1v) is 13.3. The summed E-state index contributed by atoms with van der Waals surface area (Å²) >= 11 is 0. The van der Waals surface area contributed by atoms with Crippen LogP contribution in [0.5, 0.6) is 5.75 Å². The van der Waals surface area contributed by atoms with Crippen LogP contribution < -0.4 is 9.67 Å². The van der Waals surface area contributed by atoms with Gasteiger partial charge in [-0.25, -0.2) is 4.57 Å². The van der Waals surface area contributed by atoms with E-state index in [1.165, 1.54) is 70.4 Å². The van der Waals surface area contributed by atoms with Gasteiger partial charge in [-0.05, 0) is 30.7 Å². The number of aromatic hydroxyl groups is 1. The molecule has 1 aromatic carbocycles. The third-order valence-electron chi connectivity index (χ3n) is 5.34. The minimum absolute atomic E-state index is 0.611. The van der Waals surface area contributed by atoms with E-state index >= 15 is 0 Å². The highest BCUT2D eigenvalue weighted by Crippen LogP contribution is 2.20. The lowest BCUT2D eigenvalue weighted by molar-refractivity contribution is -0.697. The van der Waals surface area contributed by atoms with Crippen LogP contribution in [0.2, 0.25) is 0 Å². The molecule has 0 saturated carbocycles. The summed E-state index contributed by atoms with van der Waals surface area (Å²) in [6, 6.07) is 6.26. The number of hydrogen-bond donors (Lipinski definition) is 3. The fourth-order valence-corrected chi connectivity index (χ4v) is 3.95. The summed E-state index contributed by atoms with van der Waals surface area (Å²) < 4.78 is 31.9. The Balaban J connectivity index is 0.000000379. The Bertz CT molecular complexity index is 1040. The molecule has 194 valence electrons. The number of nitrogens with zero attached hydrogens (tertiary/aromatic N) is 2. The summed E-state index contributed by atoms with van der Waals surface area (Å²) in [5.74, 6) is -2.36. The Labute approximate surface area is 207 Å². The lowest BCUT2D eigenvalue weighted by Gasteiger charge is -2.06. The molecule has 0 saturated heterocycles. The SMILES string of the molecule is CCCCCCCCCCCC[n+]1cccc(C=NO)c1.O=C([O-])c1cc(S(=O)(=O)O)ccc1O. The van der Waals surface area contributed by atoms with Crippen LogP contribution in [0.25, 0.3) is 0 Å². The molecular weight excluding hydrogens is 472 g/mol. The van der Waals surface area contributed by atoms with Crippen molar-refractivity contribution in [3.8, 4) is 5.75 Å². The predicted octanol–water partition coefficient (Wildman–Crippen LogP) is 3.71. The van der Waals surface area contributed by atoms with Crippen LogP contribution >= 0.6 is 0 Å². The maximum absolute atomic E-state index is 10.6. The van der Waals surface area contributed by atoms with Gasteiger partial charge in [0, 0.05) is 18.1 Å². The van der Waals surface area contributed by atoms with E-state index in [0.29, 0.717) is 6.07 Å². The lowest BCUT2D eigenvalue weighted by atomic mass is 10.1. The lowest BCUT2D eigenvalue weighted by Crippen LogP contribution is -2.33. The average molecular weight is 509 g/mol. The van der Waals surface area contributed by atoms with Gasteiger partial charge in [-0.1, -0.05) is 63.4 Å². The van der Waals surface area contributed by atoms with Crippen LogP contribution in [0.15, 0.2) is 52.8 Å². The first kappa shape index (κ1) is 30.1. The molecule has 0 aliphatic rings. The second-order valence-corrected chi connectivity index (χ2v) is 9.66. The molecule has 0 radical (unpaired) electrons. The Morgan fingerprint density at radius 3 is 2.17 bits per heavy atom. The molecule has 0 aliphatic heterocycles. The number of hydrogen-bond acceptors (Lipinski definition) is 7. The maximum atomic E-state index is 10.6. The van der Waals surface area contributed by atoms with Crippen LogP contribution in [0.1, 0.15) is 87.1 Å². The normalized spacial score (nSPS) is 11.3. The minimum Gasteiger partial charge on any atom is -0.545 e. The minimum atomic E-state index is -4.48. The van der Waals surface area contributed by atoms with E-state index in [1.54, 1.807) is 0 Å². The summed E-state index contributed by atoms with van der Waals surface area (Å²) in [5, 5.41) is 30.9. The van der Waals surface area contributed by atoms with Crippen molar-refractivity contribution in [1.82, 2.24) is 0 Å². The first-order valence-electron chi connectivity index (χ1n) is 11.9. The number of pyridine rings is 1. The number of phenols is 1. The Kier molecular flexibility index (Phi) is 14.3. The number of aryl methyl sites for hydroxylation is 1. The molecule has 0 bridgehead atoms. The van der Waals surface area contributed by atoms with Crippen molar-refractivity contribution in [3.63, 3.8) is 0 Å². The zero-order valence-corrected chi connectivity index (χ0v) is 21.0. The van der Waals surface area contributed by atoms with E-state index in [9.17, 15) is 18.3 Å². The standard InChI is InChI=1S/C18H30N2O.C7H6O6S/c1-2-3-4-5-6-7-8-9-10-11-14-20-15-12-13-18(17-20)16-19-21;8-6-2-1-4(14(11,12)13)3-5(6)7(9)10/h12-13,15-17H,2-11,14H2,1H3;1-3,8H,(H,9,10)(H,11,12,13). The van der Waals surface area contributed by atoms with E-state index in [0.717, 1.165) is 24.2 Å². The van der Waals surface area contributed by atoms with E-state index in [2.05, 4.69) is 22.8 Å². The zero-order chi connectivity index (χ0) is 26.1. The highest BCUT2D eigenvalue weighted by molar-refractivity contribution is 7.85. The smallest absolute Gasteiger partial charge is 0.294 e. The van der Waals surface area contributed by atoms with E-state index < -0.39 is 32.3 Å². The van der Waals surface area contributed by atoms with Gasteiger partial charge in [-0.2, -0.15) is 8.42 Å². The molecule has 0 aliphatic carbocycles. The number of aromatic carboxylic acids is 1. The van der Waals surface area contributed by atoms with Crippen LogP contribution in [-0.2, 0) is 16.7 Å². The van der Waals surface area contributed by atoms with Crippen molar-refractivity contribution in [2.24, 2.45) is 5.16 Å². The maximum Gasteiger partial charge on any atom is 0.294 e. The number of aromatic nitrogens is 1. The molecule has 0 atom stereocenters. The van der Waals surface area contributed by atoms with Gasteiger partial charge >= 0.3 is 0 Å². The topological polar surface area (TPSA) is 151 Å². The number of carboxylic acids is 1. The molecule has 2 aromatic rings. The van der Waals surface area contributed by atoms with E-state index in [-0.39, 0.29) is 0 Å². The third kappa shape index (κ3) is 12.9. The average Bonchev–Trinajstić information content (AvgIpc) is 2.80. The number of oxime groups is 1. The number of benzene rings is 1. The largest absolute Gasteiger partial charge is 0.545 e. The molecule has 35 heavy (non-hydrogen) atoms. The molecule has 9 nitrogen and oxygen atoms in total. The molecule has 0 amide bonds. The van der Waals surface area contributed by atoms with E-state index in [1.807, 2.05) is 18.3 Å². The van der Waals surface area contributed by atoms with Crippen LogP contribution in [0, 0.1) is 0 Å². The number of carboxylic acid groups (broad SMARTS) is 1. The molecule has 3 N–H and O–H groups in total. The zero-order valence-electron chi connectivity index (χ0n) is 20.2. The highest BCUT2D eigenvalue weighted by Gasteiger charge is 2.12. The van der Waals surface area contributed by atoms with Gasteiger partial charge in [0.1, 0.15) is 12.3 Å². The molecule has 2 rings (SSSR count). The molecule has 1 aromatic heterocycles. The predicted molar refractivity (Wildman–Crippen MR) is 130 cm³/mol. The Morgan fingerprint density at radius 2 is 1.63 bits per heavy atom. The van der Waals surface area contributed by atoms with Crippen molar-refractivity contribution < 1.29 is 37.8 Å². The van der Waals surface area contributed by atoms with Crippen LogP contribution in [0.4, 0.5) is 0 Å². The number of rotatable bonds is 14. The molecular formula is C25H36N2O7S. The summed E-state index contributed by atoms with van der Waals surface area (Å²) in [5.41, 5.74) is 0.243. The molecule has 1 heterocycles. The van der Waals surface area contributed by atoms with Gasteiger partial charge in [0.05, 0.1) is 22.6 Å². The number of carbonyl (C=O) groups excluding carboxylic acids is 1. The summed E-state index contributed by atoms with van der Waals surface area (Å²) in [6.45, 7) is 3.31. The molecule has 0 unspecified atom stereocenters. The fourth-order valence-electron chi connectivity index (χ4n) is 3.45. The first-order chi connectivity index (χ1) is 16.7. The second kappa shape index (κ2) is 16.6. The van der Waals surface area contributed by atoms with Gasteiger partial charge in [0.25, 0.3) is 10.1 Å². The Hall–Kier alpha value is -2.98. The van der Waals surface area contributed by atoms with Crippen molar-refractivity contribution >= 4 is 22.3 Å². The number of unbranched alkanes of at least 4 members (excludes halogenated alkanes) is 9. The van der Waals surface area contributed by atoms with Crippen molar-refractivity contribution in [2.75, 3.05) is 0 Å². The molecule has 10 heteroatoms. The molecule has 0 fully saturated rings. The summed E-state index contributed by atoms with van der Waals surface area (Å²) in [6.07, 6.45) is 19.2. The van der Waals surface area contributed by atoms with Crippen molar-refractivity contribution in [1.29, 1.82) is 0 Å². The molecule has 0 spiro atoms. The highest BCUT2D eigenvalue weighted by atomic mass is 32.2. The second-order valence-electron chi connectivity index (χ2n) is 8.24. The van der Waals surface area contributed by atoms with Gasteiger partial charge in [0.2, 0.25) is 0 Å². The monoisotopic (exact) mass is 508 g/mol. The summed E-state index contributed by atoms with van der Waals surface area (Å²) in [7, 11) is -4.48. The Morgan fingerprint density at radius 1 is 1.03 bits per heavy atom. The van der Waals surface area contributed by atoms with E-state index in [4.69, 9.17) is 14.9 Å². The van der Waals surface area contributed by atoms with Crippen LogP contribution in [-0.4, -0.2) is 35.5 Å². The third-order valence-corrected chi connectivity index (χ3v) is 6.19. The summed E-state index contributed by atoms with van der Waals surface area (Å²) in [4.78, 5) is 9.74. The van der Waals surface area contributed by atoms with Gasteiger partial charge < -0.3 is 20.2 Å². The van der Waals surface area contributed by atoms with Gasteiger partial charge in [-0.3, -0.25) is 4.55 Å². The van der Waals surface area contributed by atoms with Crippen molar-refractivity contribution in [2.45, 2.75) is 82.6 Å². The van der Waals surface area contributed by atoms with Gasteiger partial charge in [0.15, 0.2) is 12.4 Å².